The Morgan fingerprint density at radius 3 is 2.43 bits per heavy atom. The monoisotopic (exact) mass is 388 g/mol. The number of aromatic nitrogens is 1. The molecule has 0 saturated heterocycles. The number of hydrogen-bond acceptors (Lipinski definition) is 4. The molecule has 4 aromatic rings. The van der Waals surface area contributed by atoms with Gasteiger partial charge in [0.25, 0.3) is 0 Å². The van der Waals surface area contributed by atoms with E-state index in [-0.39, 0.29) is 12.5 Å². The molecule has 0 spiro atoms. The van der Waals surface area contributed by atoms with Gasteiger partial charge >= 0.3 is 0 Å². The van der Waals surface area contributed by atoms with E-state index in [1.54, 1.807) is 11.3 Å². The third kappa shape index (κ3) is 4.82. The van der Waals surface area contributed by atoms with Crippen LogP contribution in [0.3, 0.4) is 0 Å². The molecular formula is C23H20N2O2S. The summed E-state index contributed by atoms with van der Waals surface area (Å²) in [7, 11) is 0. The summed E-state index contributed by atoms with van der Waals surface area (Å²) in [6, 6.07) is 25.8. The number of para-hydroxylation sites is 1. The van der Waals surface area contributed by atoms with E-state index in [1.165, 1.54) is 4.70 Å². The molecule has 140 valence electrons. The molecule has 28 heavy (non-hydrogen) atoms. The molecular weight excluding hydrogens is 368 g/mol. The lowest BCUT2D eigenvalue weighted by molar-refractivity contribution is -0.121. The zero-order valence-electron chi connectivity index (χ0n) is 15.3. The fraction of sp³-hybridized carbons (Fsp3) is 0.130. The molecule has 4 rings (SSSR count). The topological polar surface area (TPSA) is 51.2 Å². The number of amides is 1. The zero-order valence-corrected chi connectivity index (χ0v) is 16.1. The van der Waals surface area contributed by atoms with Crippen LogP contribution in [0.15, 0.2) is 78.9 Å². The standard InChI is InChI=1S/C23H20N2O2S/c26-22(16-27-15-18-6-2-1-3-7-18)24-19-12-10-17(11-13-19)14-23-25-20-8-4-5-9-21(20)28-23/h1-13H,14-16H2,(H,24,26). The minimum absolute atomic E-state index is 0.0301. The maximum Gasteiger partial charge on any atom is 0.250 e. The molecule has 0 aliphatic rings. The van der Waals surface area contributed by atoms with Crippen molar-refractivity contribution in [1.29, 1.82) is 0 Å². The average molecular weight is 388 g/mol. The highest BCUT2D eigenvalue weighted by Gasteiger charge is 2.06. The second kappa shape index (κ2) is 8.78. The van der Waals surface area contributed by atoms with Crippen molar-refractivity contribution in [3.63, 3.8) is 0 Å². The maximum absolute atomic E-state index is 12.0. The van der Waals surface area contributed by atoms with Crippen LogP contribution in [0.1, 0.15) is 16.1 Å². The Labute approximate surface area is 167 Å². The van der Waals surface area contributed by atoms with E-state index >= 15 is 0 Å². The number of carbonyl (C=O) groups excluding carboxylic acids is 1. The van der Waals surface area contributed by atoms with Crippen LogP contribution in [-0.4, -0.2) is 17.5 Å². The van der Waals surface area contributed by atoms with Gasteiger partial charge in [0.05, 0.1) is 21.8 Å². The Hall–Kier alpha value is -3.02. The van der Waals surface area contributed by atoms with Gasteiger partial charge in [-0.05, 0) is 35.4 Å². The van der Waals surface area contributed by atoms with E-state index in [4.69, 9.17) is 4.74 Å². The SMILES string of the molecule is O=C(COCc1ccccc1)Nc1ccc(Cc2nc3ccccc3s2)cc1. The summed E-state index contributed by atoms with van der Waals surface area (Å²) in [6.07, 6.45) is 0.785. The Morgan fingerprint density at radius 2 is 1.64 bits per heavy atom. The average Bonchev–Trinajstić information content (AvgIpc) is 3.12. The second-order valence-corrected chi connectivity index (χ2v) is 7.59. The van der Waals surface area contributed by atoms with Gasteiger partial charge in [0, 0.05) is 12.1 Å². The molecule has 5 heteroatoms. The predicted octanol–water partition coefficient (Wildman–Crippen LogP) is 5.04. The van der Waals surface area contributed by atoms with Gasteiger partial charge in [-0.15, -0.1) is 11.3 Å². The first-order chi connectivity index (χ1) is 13.8. The summed E-state index contributed by atoms with van der Waals surface area (Å²) in [5, 5.41) is 3.95. The number of thiazole rings is 1. The molecule has 1 N–H and O–H groups in total. The zero-order chi connectivity index (χ0) is 19.2. The van der Waals surface area contributed by atoms with Crippen molar-refractivity contribution < 1.29 is 9.53 Å². The van der Waals surface area contributed by atoms with Gasteiger partial charge in [0.1, 0.15) is 6.61 Å². The molecule has 0 atom stereocenters. The summed E-state index contributed by atoms with van der Waals surface area (Å²) in [4.78, 5) is 16.7. The number of fused-ring (bicyclic) bond motifs is 1. The lowest BCUT2D eigenvalue weighted by Crippen LogP contribution is -2.18. The first-order valence-corrected chi connectivity index (χ1v) is 9.93. The molecule has 3 aromatic carbocycles. The van der Waals surface area contributed by atoms with E-state index in [0.717, 1.165) is 33.8 Å². The molecule has 0 fully saturated rings. The van der Waals surface area contributed by atoms with Crippen molar-refractivity contribution in [2.24, 2.45) is 0 Å². The molecule has 1 aromatic heterocycles. The third-order valence-corrected chi connectivity index (χ3v) is 5.31. The van der Waals surface area contributed by atoms with Crippen molar-refractivity contribution in [3.8, 4) is 0 Å². The highest BCUT2D eigenvalue weighted by atomic mass is 32.1. The minimum atomic E-state index is -0.158. The first kappa shape index (κ1) is 18.3. The second-order valence-electron chi connectivity index (χ2n) is 6.48. The number of benzene rings is 3. The fourth-order valence-corrected chi connectivity index (χ4v) is 3.91. The fourth-order valence-electron chi connectivity index (χ4n) is 2.91. The van der Waals surface area contributed by atoms with Crippen LogP contribution in [0.25, 0.3) is 10.2 Å². The quantitative estimate of drug-likeness (QED) is 0.482. The van der Waals surface area contributed by atoms with Crippen LogP contribution in [0.5, 0.6) is 0 Å². The van der Waals surface area contributed by atoms with Crippen molar-refractivity contribution in [2.75, 3.05) is 11.9 Å². The highest BCUT2D eigenvalue weighted by molar-refractivity contribution is 7.18. The normalized spacial score (nSPS) is 10.9. The number of nitrogens with zero attached hydrogens (tertiary/aromatic N) is 1. The van der Waals surface area contributed by atoms with Crippen molar-refractivity contribution in [1.82, 2.24) is 4.98 Å². The van der Waals surface area contributed by atoms with E-state index in [2.05, 4.69) is 16.4 Å². The maximum atomic E-state index is 12.0. The highest BCUT2D eigenvalue weighted by Crippen LogP contribution is 2.24. The number of rotatable bonds is 7. The minimum Gasteiger partial charge on any atom is -0.367 e. The van der Waals surface area contributed by atoms with Gasteiger partial charge < -0.3 is 10.1 Å². The molecule has 4 nitrogen and oxygen atoms in total. The molecule has 0 unspecified atom stereocenters. The van der Waals surface area contributed by atoms with Crippen molar-refractivity contribution in [2.45, 2.75) is 13.0 Å². The Balaban J connectivity index is 1.28. The van der Waals surface area contributed by atoms with Crippen LogP contribution < -0.4 is 5.32 Å². The van der Waals surface area contributed by atoms with Crippen LogP contribution in [-0.2, 0) is 22.6 Å². The van der Waals surface area contributed by atoms with Gasteiger partial charge in [0.2, 0.25) is 5.91 Å². The number of carbonyl (C=O) groups is 1. The number of nitrogens with one attached hydrogen (secondary N) is 1. The predicted molar refractivity (Wildman–Crippen MR) is 114 cm³/mol. The Kier molecular flexibility index (Phi) is 5.75. The van der Waals surface area contributed by atoms with Crippen LogP contribution in [0.2, 0.25) is 0 Å². The van der Waals surface area contributed by atoms with E-state index < -0.39 is 0 Å². The third-order valence-electron chi connectivity index (χ3n) is 4.28. The number of anilines is 1. The number of ether oxygens (including phenoxy) is 1. The summed E-state index contributed by atoms with van der Waals surface area (Å²) >= 11 is 1.72. The lowest BCUT2D eigenvalue weighted by atomic mass is 10.1. The first-order valence-electron chi connectivity index (χ1n) is 9.11. The van der Waals surface area contributed by atoms with Gasteiger partial charge in [-0.3, -0.25) is 4.79 Å². The van der Waals surface area contributed by atoms with Crippen LogP contribution in [0.4, 0.5) is 5.69 Å². The van der Waals surface area contributed by atoms with Crippen molar-refractivity contribution in [3.05, 3.63) is 95.0 Å². The molecule has 1 heterocycles. The Morgan fingerprint density at radius 1 is 0.893 bits per heavy atom. The van der Waals surface area contributed by atoms with E-state index in [9.17, 15) is 4.79 Å². The number of hydrogen-bond donors (Lipinski definition) is 1. The molecule has 0 saturated carbocycles. The molecule has 0 bridgehead atoms. The molecule has 0 aliphatic carbocycles. The Bertz CT molecular complexity index is 1030. The van der Waals surface area contributed by atoms with E-state index in [0.29, 0.717) is 6.61 Å². The summed E-state index contributed by atoms with van der Waals surface area (Å²) in [5.74, 6) is -0.158. The van der Waals surface area contributed by atoms with Gasteiger partial charge in [-0.25, -0.2) is 4.98 Å². The van der Waals surface area contributed by atoms with Crippen LogP contribution in [0, 0.1) is 0 Å². The summed E-state index contributed by atoms with van der Waals surface area (Å²) in [6.45, 7) is 0.456. The molecule has 0 radical (unpaired) electrons. The van der Waals surface area contributed by atoms with Gasteiger partial charge in [0.15, 0.2) is 0 Å². The summed E-state index contributed by atoms with van der Waals surface area (Å²) in [5.41, 5.74) is 4.02. The van der Waals surface area contributed by atoms with Gasteiger partial charge in [-0.2, -0.15) is 0 Å². The molecule has 1 amide bonds. The van der Waals surface area contributed by atoms with Crippen LogP contribution >= 0.6 is 11.3 Å². The largest absolute Gasteiger partial charge is 0.367 e. The molecule has 0 aliphatic heterocycles. The smallest absolute Gasteiger partial charge is 0.250 e. The summed E-state index contributed by atoms with van der Waals surface area (Å²) < 4.78 is 6.67. The van der Waals surface area contributed by atoms with Gasteiger partial charge in [-0.1, -0.05) is 54.6 Å². The lowest BCUT2D eigenvalue weighted by Gasteiger charge is -2.07. The van der Waals surface area contributed by atoms with E-state index in [1.807, 2.05) is 72.8 Å². The van der Waals surface area contributed by atoms with Crippen molar-refractivity contribution >= 4 is 33.1 Å².